The first-order chi connectivity index (χ1) is 9.06. The van der Waals surface area contributed by atoms with Crippen LogP contribution in [0.5, 0.6) is 0 Å². The lowest BCUT2D eigenvalue weighted by molar-refractivity contribution is -0.122. The molecule has 2 fully saturated rings. The molecule has 2 rings (SSSR count). The lowest BCUT2D eigenvalue weighted by Gasteiger charge is -2.36. The topological polar surface area (TPSA) is 20.3 Å². The molecule has 1 aliphatic heterocycles. The summed E-state index contributed by atoms with van der Waals surface area (Å²) in [5.41, 5.74) is 0. The molecule has 0 spiro atoms. The van der Waals surface area contributed by atoms with Crippen molar-refractivity contribution in [3.8, 4) is 0 Å². The molecule has 0 aromatic heterocycles. The first kappa shape index (κ1) is 15.0. The summed E-state index contributed by atoms with van der Waals surface area (Å²) in [6.45, 7) is 10.1. The standard InChI is InChI=1S/C17H31NO/c1-13(2)16-6-4-15(5-7-16)12-18-10-8-17(9-11-18)14(3)19/h13,15-17H,4-12H2,1-3H3. The summed E-state index contributed by atoms with van der Waals surface area (Å²) in [6, 6.07) is 0. The molecule has 2 aliphatic rings. The van der Waals surface area contributed by atoms with Gasteiger partial charge in [0, 0.05) is 12.5 Å². The van der Waals surface area contributed by atoms with Crippen LogP contribution in [-0.4, -0.2) is 30.3 Å². The Labute approximate surface area is 118 Å². The second kappa shape index (κ2) is 6.88. The van der Waals surface area contributed by atoms with E-state index in [2.05, 4.69) is 18.7 Å². The maximum atomic E-state index is 11.4. The Bertz CT molecular complexity index is 284. The van der Waals surface area contributed by atoms with Crippen molar-refractivity contribution < 1.29 is 4.79 Å². The van der Waals surface area contributed by atoms with E-state index in [0.29, 0.717) is 11.7 Å². The number of rotatable bonds is 4. The minimum absolute atomic E-state index is 0.355. The van der Waals surface area contributed by atoms with E-state index in [9.17, 15) is 4.79 Å². The molecule has 1 saturated carbocycles. The van der Waals surface area contributed by atoms with Gasteiger partial charge in [0.1, 0.15) is 5.78 Å². The molecule has 2 nitrogen and oxygen atoms in total. The van der Waals surface area contributed by atoms with Gasteiger partial charge in [-0.25, -0.2) is 0 Å². The van der Waals surface area contributed by atoms with Crippen molar-refractivity contribution in [2.45, 2.75) is 59.3 Å². The maximum absolute atomic E-state index is 11.4. The zero-order valence-corrected chi connectivity index (χ0v) is 13.0. The van der Waals surface area contributed by atoms with E-state index in [1.54, 1.807) is 6.92 Å². The van der Waals surface area contributed by atoms with Gasteiger partial charge >= 0.3 is 0 Å². The molecule has 19 heavy (non-hydrogen) atoms. The van der Waals surface area contributed by atoms with Gasteiger partial charge in [0.2, 0.25) is 0 Å². The van der Waals surface area contributed by atoms with E-state index in [-0.39, 0.29) is 0 Å². The zero-order valence-electron chi connectivity index (χ0n) is 13.0. The number of carbonyl (C=O) groups excluding carboxylic acids is 1. The molecule has 1 saturated heterocycles. The monoisotopic (exact) mass is 265 g/mol. The molecule has 0 atom stereocenters. The smallest absolute Gasteiger partial charge is 0.133 e. The molecule has 0 aromatic carbocycles. The Balaban J connectivity index is 1.68. The van der Waals surface area contributed by atoms with Crippen molar-refractivity contribution >= 4 is 5.78 Å². The second-order valence-electron chi connectivity index (χ2n) is 7.21. The molecule has 1 heterocycles. The lowest BCUT2D eigenvalue weighted by atomic mass is 9.76. The normalized spacial score (nSPS) is 30.7. The number of hydrogen-bond acceptors (Lipinski definition) is 2. The summed E-state index contributed by atoms with van der Waals surface area (Å²) < 4.78 is 0. The highest BCUT2D eigenvalue weighted by molar-refractivity contribution is 5.78. The van der Waals surface area contributed by atoms with Crippen molar-refractivity contribution in [3.05, 3.63) is 0 Å². The number of hydrogen-bond donors (Lipinski definition) is 0. The van der Waals surface area contributed by atoms with E-state index in [1.807, 2.05) is 0 Å². The highest BCUT2D eigenvalue weighted by Crippen LogP contribution is 2.34. The van der Waals surface area contributed by atoms with Gasteiger partial charge in [-0.2, -0.15) is 0 Å². The molecule has 110 valence electrons. The fourth-order valence-corrected chi connectivity index (χ4v) is 3.92. The van der Waals surface area contributed by atoms with Crippen LogP contribution in [0, 0.1) is 23.7 Å². The molecular formula is C17H31NO. The van der Waals surface area contributed by atoms with Gasteiger partial charge in [0.05, 0.1) is 0 Å². The number of ketones is 1. The Morgan fingerprint density at radius 3 is 2.11 bits per heavy atom. The summed E-state index contributed by atoms with van der Waals surface area (Å²) in [6.07, 6.45) is 7.91. The van der Waals surface area contributed by atoms with Crippen LogP contribution in [0.2, 0.25) is 0 Å². The number of Topliss-reactive ketones (excluding diaryl/α,β-unsaturated/α-hetero) is 1. The number of nitrogens with zero attached hydrogens (tertiary/aromatic N) is 1. The van der Waals surface area contributed by atoms with Crippen molar-refractivity contribution in [2.24, 2.45) is 23.7 Å². The van der Waals surface area contributed by atoms with Crippen LogP contribution in [-0.2, 0) is 4.79 Å². The third-order valence-electron chi connectivity index (χ3n) is 5.51. The van der Waals surface area contributed by atoms with Gasteiger partial charge in [0.15, 0.2) is 0 Å². The van der Waals surface area contributed by atoms with Gasteiger partial charge in [-0.05, 0) is 76.3 Å². The largest absolute Gasteiger partial charge is 0.303 e. The fourth-order valence-electron chi connectivity index (χ4n) is 3.92. The Morgan fingerprint density at radius 2 is 1.63 bits per heavy atom. The fraction of sp³-hybridized carbons (Fsp3) is 0.941. The molecular weight excluding hydrogens is 234 g/mol. The van der Waals surface area contributed by atoms with Crippen LogP contribution >= 0.6 is 0 Å². The third-order valence-corrected chi connectivity index (χ3v) is 5.51. The number of carbonyl (C=O) groups is 1. The summed E-state index contributed by atoms with van der Waals surface area (Å²) >= 11 is 0. The molecule has 2 heteroatoms. The lowest BCUT2D eigenvalue weighted by Crippen LogP contribution is -2.39. The van der Waals surface area contributed by atoms with Gasteiger partial charge < -0.3 is 4.90 Å². The van der Waals surface area contributed by atoms with E-state index in [1.165, 1.54) is 32.2 Å². The molecule has 0 N–H and O–H groups in total. The molecule has 0 amide bonds. The highest BCUT2D eigenvalue weighted by Gasteiger charge is 2.27. The molecule has 0 aromatic rings. The van der Waals surface area contributed by atoms with Gasteiger partial charge in [0.25, 0.3) is 0 Å². The minimum Gasteiger partial charge on any atom is -0.303 e. The predicted octanol–water partition coefficient (Wildman–Crippen LogP) is 3.75. The Morgan fingerprint density at radius 1 is 1.05 bits per heavy atom. The van der Waals surface area contributed by atoms with E-state index in [4.69, 9.17) is 0 Å². The summed E-state index contributed by atoms with van der Waals surface area (Å²) in [4.78, 5) is 14.0. The Kier molecular flexibility index (Phi) is 5.44. The quantitative estimate of drug-likeness (QED) is 0.771. The van der Waals surface area contributed by atoms with Crippen LogP contribution in [0.25, 0.3) is 0 Å². The zero-order chi connectivity index (χ0) is 13.8. The third kappa shape index (κ3) is 4.30. The van der Waals surface area contributed by atoms with Gasteiger partial charge in [-0.3, -0.25) is 4.79 Å². The Hall–Kier alpha value is -0.370. The van der Waals surface area contributed by atoms with Crippen LogP contribution < -0.4 is 0 Å². The van der Waals surface area contributed by atoms with Gasteiger partial charge in [-0.1, -0.05) is 13.8 Å². The average Bonchev–Trinajstić information content (AvgIpc) is 2.40. The van der Waals surface area contributed by atoms with Crippen LogP contribution in [0.3, 0.4) is 0 Å². The molecule has 0 bridgehead atoms. The summed E-state index contributed by atoms with van der Waals surface area (Å²) in [7, 11) is 0. The summed E-state index contributed by atoms with van der Waals surface area (Å²) in [5, 5.41) is 0. The first-order valence-corrected chi connectivity index (χ1v) is 8.29. The van der Waals surface area contributed by atoms with E-state index < -0.39 is 0 Å². The second-order valence-corrected chi connectivity index (χ2v) is 7.21. The molecule has 0 radical (unpaired) electrons. The number of likely N-dealkylation sites (tertiary alicyclic amines) is 1. The van der Waals surface area contributed by atoms with E-state index >= 15 is 0 Å². The molecule has 0 unspecified atom stereocenters. The van der Waals surface area contributed by atoms with E-state index in [0.717, 1.165) is 43.7 Å². The first-order valence-electron chi connectivity index (χ1n) is 8.29. The van der Waals surface area contributed by atoms with Crippen LogP contribution in [0.15, 0.2) is 0 Å². The van der Waals surface area contributed by atoms with Crippen molar-refractivity contribution in [2.75, 3.05) is 19.6 Å². The van der Waals surface area contributed by atoms with Crippen molar-refractivity contribution in [1.29, 1.82) is 0 Å². The highest BCUT2D eigenvalue weighted by atomic mass is 16.1. The summed E-state index contributed by atoms with van der Waals surface area (Å²) in [5.74, 6) is 3.51. The van der Waals surface area contributed by atoms with Crippen molar-refractivity contribution in [3.63, 3.8) is 0 Å². The predicted molar refractivity (Wildman–Crippen MR) is 80.1 cm³/mol. The van der Waals surface area contributed by atoms with Crippen LogP contribution in [0.1, 0.15) is 59.3 Å². The van der Waals surface area contributed by atoms with Crippen molar-refractivity contribution in [1.82, 2.24) is 4.90 Å². The number of piperidine rings is 1. The SMILES string of the molecule is CC(=O)C1CCN(CC2CCC(C(C)C)CC2)CC1. The van der Waals surface area contributed by atoms with Gasteiger partial charge in [-0.15, -0.1) is 0 Å². The molecule has 1 aliphatic carbocycles. The van der Waals surface area contributed by atoms with Crippen LogP contribution in [0.4, 0.5) is 0 Å². The maximum Gasteiger partial charge on any atom is 0.133 e. The minimum atomic E-state index is 0.355. The average molecular weight is 265 g/mol.